The topological polar surface area (TPSA) is 47.1 Å². The van der Waals surface area contributed by atoms with Crippen LogP contribution in [-0.4, -0.2) is 33.8 Å². The SMILES string of the molecule is CCn1nc(CN2C[C@@H](N)[C@H](c3ccccc3)C2)c2ccccc21.Cl. The first-order valence-corrected chi connectivity index (χ1v) is 8.73. The smallest absolute Gasteiger partial charge is 0.0843 e. The minimum atomic E-state index is 0. The largest absolute Gasteiger partial charge is 0.326 e. The van der Waals surface area contributed by atoms with Gasteiger partial charge in [0.2, 0.25) is 0 Å². The van der Waals surface area contributed by atoms with Gasteiger partial charge in [-0.3, -0.25) is 9.58 Å². The number of aryl methyl sites for hydroxylation is 1. The van der Waals surface area contributed by atoms with Gasteiger partial charge < -0.3 is 5.73 Å². The standard InChI is InChI=1S/C20H24N4.ClH/c1-2-24-20-11-7-6-10-16(20)19(22-24)14-23-12-17(18(21)13-23)15-8-4-3-5-9-15;/h3-11,17-18H,2,12-14,21H2,1H3;1H/t17-,18+;/m0./s1. The zero-order valence-electron chi connectivity index (χ0n) is 14.5. The summed E-state index contributed by atoms with van der Waals surface area (Å²) >= 11 is 0. The van der Waals surface area contributed by atoms with Crippen molar-refractivity contribution in [3.63, 3.8) is 0 Å². The Hall–Kier alpha value is -1.88. The highest BCUT2D eigenvalue weighted by molar-refractivity contribution is 5.85. The van der Waals surface area contributed by atoms with Crippen LogP contribution in [0.2, 0.25) is 0 Å². The van der Waals surface area contributed by atoms with Crippen LogP contribution in [0.5, 0.6) is 0 Å². The lowest BCUT2D eigenvalue weighted by Crippen LogP contribution is -2.28. The van der Waals surface area contributed by atoms with Crippen LogP contribution in [0.1, 0.15) is 24.1 Å². The highest BCUT2D eigenvalue weighted by Crippen LogP contribution is 2.28. The predicted octanol–water partition coefficient (Wildman–Crippen LogP) is 3.40. The molecule has 3 aromatic rings. The fraction of sp³-hybridized carbons (Fsp3) is 0.350. The molecule has 1 aliphatic rings. The molecular formula is C20H25ClN4. The Labute approximate surface area is 155 Å². The number of nitrogens with zero attached hydrogens (tertiary/aromatic N) is 3. The van der Waals surface area contributed by atoms with Crippen molar-refractivity contribution in [2.75, 3.05) is 13.1 Å². The van der Waals surface area contributed by atoms with E-state index in [0.717, 1.165) is 31.9 Å². The number of hydrogen-bond acceptors (Lipinski definition) is 3. The van der Waals surface area contributed by atoms with E-state index in [1.165, 1.54) is 16.5 Å². The highest BCUT2D eigenvalue weighted by Gasteiger charge is 2.31. The Morgan fingerprint density at radius 3 is 2.52 bits per heavy atom. The van der Waals surface area contributed by atoms with Gasteiger partial charge in [0, 0.05) is 43.5 Å². The van der Waals surface area contributed by atoms with Crippen molar-refractivity contribution in [2.45, 2.75) is 32.0 Å². The summed E-state index contributed by atoms with van der Waals surface area (Å²) in [5.74, 6) is 0.408. The van der Waals surface area contributed by atoms with Crippen molar-refractivity contribution in [1.82, 2.24) is 14.7 Å². The van der Waals surface area contributed by atoms with Crippen LogP contribution in [0.15, 0.2) is 54.6 Å². The molecule has 1 aromatic heterocycles. The van der Waals surface area contributed by atoms with Crippen LogP contribution >= 0.6 is 12.4 Å². The zero-order valence-corrected chi connectivity index (χ0v) is 15.3. The van der Waals surface area contributed by atoms with E-state index < -0.39 is 0 Å². The lowest BCUT2D eigenvalue weighted by molar-refractivity contribution is 0.319. The fourth-order valence-corrected chi connectivity index (χ4v) is 3.86. The molecule has 4 rings (SSSR count). The Morgan fingerprint density at radius 1 is 1.04 bits per heavy atom. The zero-order chi connectivity index (χ0) is 16.5. The molecule has 1 fully saturated rings. The number of para-hydroxylation sites is 1. The first-order chi connectivity index (χ1) is 11.8. The Morgan fingerprint density at radius 2 is 1.76 bits per heavy atom. The molecule has 25 heavy (non-hydrogen) atoms. The second-order valence-electron chi connectivity index (χ2n) is 6.65. The van der Waals surface area contributed by atoms with Crippen molar-refractivity contribution in [3.05, 3.63) is 65.9 Å². The Balaban J connectivity index is 0.00000182. The maximum absolute atomic E-state index is 6.43. The van der Waals surface area contributed by atoms with E-state index in [9.17, 15) is 0 Å². The summed E-state index contributed by atoms with van der Waals surface area (Å²) < 4.78 is 2.09. The molecule has 0 radical (unpaired) electrons. The van der Waals surface area contributed by atoms with E-state index in [4.69, 9.17) is 10.8 Å². The summed E-state index contributed by atoms with van der Waals surface area (Å²) in [5, 5.41) is 6.09. The van der Waals surface area contributed by atoms with E-state index >= 15 is 0 Å². The number of halogens is 1. The van der Waals surface area contributed by atoms with Gasteiger partial charge in [-0.15, -0.1) is 12.4 Å². The van der Waals surface area contributed by atoms with E-state index in [1.807, 2.05) is 0 Å². The van der Waals surface area contributed by atoms with Gasteiger partial charge in [-0.2, -0.15) is 5.10 Å². The normalized spacial score (nSPS) is 20.7. The maximum atomic E-state index is 6.43. The molecule has 2 aromatic carbocycles. The summed E-state index contributed by atoms with van der Waals surface area (Å²) in [6.45, 7) is 5.82. The second-order valence-corrected chi connectivity index (χ2v) is 6.65. The molecule has 2 atom stereocenters. The van der Waals surface area contributed by atoms with Crippen LogP contribution in [0.3, 0.4) is 0 Å². The average molecular weight is 357 g/mol. The summed E-state index contributed by atoms with van der Waals surface area (Å²) in [6.07, 6.45) is 0. The molecular weight excluding hydrogens is 332 g/mol. The van der Waals surface area contributed by atoms with Gasteiger partial charge in [0.25, 0.3) is 0 Å². The quantitative estimate of drug-likeness (QED) is 0.779. The lowest BCUT2D eigenvalue weighted by atomic mass is 9.95. The molecule has 2 N–H and O–H groups in total. The van der Waals surface area contributed by atoms with Gasteiger partial charge in [-0.25, -0.2) is 0 Å². The van der Waals surface area contributed by atoms with Crippen LogP contribution < -0.4 is 5.73 Å². The van der Waals surface area contributed by atoms with Crippen LogP contribution in [0.25, 0.3) is 10.9 Å². The average Bonchev–Trinajstić information content (AvgIpc) is 3.17. The van der Waals surface area contributed by atoms with Gasteiger partial charge in [0.1, 0.15) is 0 Å². The molecule has 4 nitrogen and oxygen atoms in total. The number of aromatic nitrogens is 2. The molecule has 0 unspecified atom stereocenters. The number of benzene rings is 2. The molecule has 0 saturated carbocycles. The molecule has 0 amide bonds. The molecule has 0 bridgehead atoms. The first-order valence-electron chi connectivity index (χ1n) is 8.73. The summed E-state index contributed by atoms with van der Waals surface area (Å²) in [5.41, 5.74) is 10.2. The first kappa shape index (κ1) is 17.9. The molecule has 1 aliphatic heterocycles. The number of fused-ring (bicyclic) bond motifs is 1. The number of hydrogen-bond donors (Lipinski definition) is 1. The van der Waals surface area contributed by atoms with Crippen molar-refractivity contribution in [2.24, 2.45) is 5.73 Å². The summed E-state index contributed by atoms with van der Waals surface area (Å²) in [6, 6.07) is 19.3. The maximum Gasteiger partial charge on any atom is 0.0843 e. The minimum absolute atomic E-state index is 0. The fourth-order valence-electron chi connectivity index (χ4n) is 3.86. The molecule has 0 spiro atoms. The third-order valence-corrected chi connectivity index (χ3v) is 5.08. The monoisotopic (exact) mass is 356 g/mol. The third kappa shape index (κ3) is 3.43. The molecule has 0 aliphatic carbocycles. The minimum Gasteiger partial charge on any atom is -0.326 e. The third-order valence-electron chi connectivity index (χ3n) is 5.08. The van der Waals surface area contributed by atoms with Gasteiger partial charge in [-0.1, -0.05) is 48.5 Å². The van der Waals surface area contributed by atoms with E-state index in [0.29, 0.717) is 5.92 Å². The van der Waals surface area contributed by atoms with E-state index in [-0.39, 0.29) is 18.4 Å². The lowest BCUT2D eigenvalue weighted by Gasteiger charge is -2.15. The number of rotatable bonds is 4. The van der Waals surface area contributed by atoms with Crippen LogP contribution in [0.4, 0.5) is 0 Å². The predicted molar refractivity (Wildman–Crippen MR) is 105 cm³/mol. The molecule has 5 heteroatoms. The van der Waals surface area contributed by atoms with Gasteiger partial charge >= 0.3 is 0 Å². The van der Waals surface area contributed by atoms with Crippen molar-refractivity contribution >= 4 is 23.3 Å². The van der Waals surface area contributed by atoms with Crippen molar-refractivity contribution in [3.8, 4) is 0 Å². The van der Waals surface area contributed by atoms with Crippen LogP contribution in [0, 0.1) is 0 Å². The van der Waals surface area contributed by atoms with E-state index in [2.05, 4.69) is 71.1 Å². The molecule has 2 heterocycles. The molecule has 1 saturated heterocycles. The van der Waals surface area contributed by atoms with Crippen molar-refractivity contribution < 1.29 is 0 Å². The van der Waals surface area contributed by atoms with Crippen molar-refractivity contribution in [1.29, 1.82) is 0 Å². The number of nitrogens with two attached hydrogens (primary N) is 1. The Bertz CT molecular complexity index is 830. The Kier molecular flexibility index (Phi) is 5.42. The highest BCUT2D eigenvalue weighted by atomic mass is 35.5. The second kappa shape index (κ2) is 7.56. The van der Waals surface area contributed by atoms with Gasteiger partial charge in [0.15, 0.2) is 0 Å². The summed E-state index contributed by atoms with van der Waals surface area (Å²) in [4.78, 5) is 2.44. The summed E-state index contributed by atoms with van der Waals surface area (Å²) in [7, 11) is 0. The number of likely N-dealkylation sites (tertiary alicyclic amines) is 1. The molecule has 132 valence electrons. The van der Waals surface area contributed by atoms with Gasteiger partial charge in [0.05, 0.1) is 11.2 Å². The van der Waals surface area contributed by atoms with E-state index in [1.54, 1.807) is 0 Å². The van der Waals surface area contributed by atoms with Crippen LogP contribution in [-0.2, 0) is 13.1 Å². The van der Waals surface area contributed by atoms with Gasteiger partial charge in [-0.05, 0) is 18.6 Å².